The first kappa shape index (κ1) is 19.6. The van der Waals surface area contributed by atoms with E-state index in [0.717, 1.165) is 34.7 Å². The van der Waals surface area contributed by atoms with Gasteiger partial charge in [-0.15, -0.1) is 0 Å². The van der Waals surface area contributed by atoms with E-state index in [1.807, 2.05) is 19.1 Å². The van der Waals surface area contributed by atoms with Crippen LogP contribution in [0.4, 0.5) is 11.5 Å². The first-order chi connectivity index (χ1) is 12.8. The summed E-state index contributed by atoms with van der Waals surface area (Å²) in [6, 6.07) is 6.15. The second kappa shape index (κ2) is 8.28. The minimum atomic E-state index is 0.288. The molecule has 1 atom stereocenters. The van der Waals surface area contributed by atoms with Crippen LogP contribution in [0.2, 0.25) is 5.15 Å². The maximum absolute atomic E-state index is 6.26. The molecule has 5 nitrogen and oxygen atoms in total. The zero-order valence-electron chi connectivity index (χ0n) is 16.4. The molecular formula is C21H27ClN4O. The molecule has 2 aromatic heterocycles. The summed E-state index contributed by atoms with van der Waals surface area (Å²) in [7, 11) is 0. The third-order valence-electron chi connectivity index (χ3n) is 4.67. The van der Waals surface area contributed by atoms with Crippen molar-refractivity contribution in [1.82, 2.24) is 9.97 Å². The van der Waals surface area contributed by atoms with Gasteiger partial charge in [0.15, 0.2) is 0 Å². The van der Waals surface area contributed by atoms with Crippen molar-refractivity contribution in [3.63, 3.8) is 0 Å². The monoisotopic (exact) mass is 386 g/mol. The van der Waals surface area contributed by atoms with Crippen molar-refractivity contribution in [3.05, 3.63) is 40.7 Å². The summed E-state index contributed by atoms with van der Waals surface area (Å²) in [6.45, 7) is 10.7. The minimum absolute atomic E-state index is 0.288. The molecule has 2 aromatic rings. The number of anilines is 2. The van der Waals surface area contributed by atoms with E-state index in [0.29, 0.717) is 30.1 Å². The lowest BCUT2D eigenvalue weighted by Gasteiger charge is -2.35. The summed E-state index contributed by atoms with van der Waals surface area (Å²) in [5, 5.41) is 0.453. The molecule has 1 aliphatic rings. The zero-order chi connectivity index (χ0) is 19.6. The zero-order valence-corrected chi connectivity index (χ0v) is 17.1. The third kappa shape index (κ3) is 4.60. The number of aryl methyl sites for hydroxylation is 1. The van der Waals surface area contributed by atoms with Gasteiger partial charge in [-0.1, -0.05) is 37.6 Å². The summed E-state index contributed by atoms with van der Waals surface area (Å²) >= 11 is 6.26. The van der Waals surface area contributed by atoms with Gasteiger partial charge in [0.1, 0.15) is 11.0 Å². The van der Waals surface area contributed by atoms with Crippen LogP contribution in [0, 0.1) is 12.8 Å². The number of rotatable bonds is 4. The van der Waals surface area contributed by atoms with Gasteiger partial charge in [-0.2, -0.15) is 0 Å². The number of morpholine rings is 1. The van der Waals surface area contributed by atoms with E-state index in [2.05, 4.69) is 53.9 Å². The summed E-state index contributed by atoms with van der Waals surface area (Å²) in [6.07, 6.45) is 4.25. The second-order valence-electron chi connectivity index (χ2n) is 7.35. The largest absolute Gasteiger partial charge is 0.384 e. The van der Waals surface area contributed by atoms with Gasteiger partial charge in [-0.05, 0) is 31.9 Å². The van der Waals surface area contributed by atoms with Crippen LogP contribution in [0.25, 0.3) is 17.3 Å². The van der Waals surface area contributed by atoms with Crippen molar-refractivity contribution in [2.45, 2.75) is 33.7 Å². The third-order valence-corrected chi connectivity index (χ3v) is 4.86. The summed E-state index contributed by atoms with van der Waals surface area (Å²) < 4.78 is 5.56. The smallest absolute Gasteiger partial charge is 0.130 e. The van der Waals surface area contributed by atoms with Crippen molar-refractivity contribution in [2.75, 3.05) is 30.4 Å². The van der Waals surface area contributed by atoms with Crippen LogP contribution < -0.4 is 10.6 Å². The fraction of sp³-hybridized carbons (Fsp3) is 0.429. The highest BCUT2D eigenvalue weighted by molar-refractivity contribution is 6.29. The van der Waals surface area contributed by atoms with Crippen molar-refractivity contribution in [3.8, 4) is 11.3 Å². The summed E-state index contributed by atoms with van der Waals surface area (Å²) in [5.74, 6) is 0.928. The fourth-order valence-electron chi connectivity index (χ4n) is 3.31. The van der Waals surface area contributed by atoms with Gasteiger partial charge in [0.2, 0.25) is 0 Å². The number of pyridine rings is 2. The number of halogens is 1. The highest BCUT2D eigenvalue weighted by atomic mass is 35.5. The molecule has 1 fully saturated rings. The van der Waals surface area contributed by atoms with Gasteiger partial charge in [-0.25, -0.2) is 9.97 Å². The van der Waals surface area contributed by atoms with Crippen molar-refractivity contribution in [2.24, 2.45) is 5.92 Å². The van der Waals surface area contributed by atoms with Crippen LogP contribution in [-0.2, 0) is 4.74 Å². The van der Waals surface area contributed by atoms with Gasteiger partial charge in [0, 0.05) is 41.2 Å². The molecule has 1 aliphatic heterocycles. The van der Waals surface area contributed by atoms with E-state index < -0.39 is 0 Å². The molecule has 2 N–H and O–H groups in total. The molecule has 3 heterocycles. The van der Waals surface area contributed by atoms with Gasteiger partial charge in [0.05, 0.1) is 18.9 Å². The SMILES string of the molecule is Cc1nc(Cl)cc(-c2cc(N3CCOCC3C)cc(N)n2)c1/C=C\C(C)C. The van der Waals surface area contributed by atoms with E-state index in [1.165, 1.54) is 0 Å². The Morgan fingerprint density at radius 3 is 2.78 bits per heavy atom. The molecule has 0 aromatic carbocycles. The van der Waals surface area contributed by atoms with E-state index in [9.17, 15) is 0 Å². The van der Waals surface area contributed by atoms with Crippen LogP contribution in [0.3, 0.4) is 0 Å². The topological polar surface area (TPSA) is 64.3 Å². The quantitative estimate of drug-likeness (QED) is 0.779. The van der Waals surface area contributed by atoms with E-state index >= 15 is 0 Å². The lowest BCUT2D eigenvalue weighted by atomic mass is 10.0. The fourth-order valence-corrected chi connectivity index (χ4v) is 3.54. The number of allylic oxidation sites excluding steroid dienone is 1. The molecular weight excluding hydrogens is 360 g/mol. The van der Waals surface area contributed by atoms with E-state index in [1.54, 1.807) is 0 Å². The molecule has 0 bridgehead atoms. The molecule has 0 spiro atoms. The van der Waals surface area contributed by atoms with Gasteiger partial charge in [-0.3, -0.25) is 0 Å². The van der Waals surface area contributed by atoms with Gasteiger partial charge >= 0.3 is 0 Å². The Morgan fingerprint density at radius 2 is 2.07 bits per heavy atom. The molecule has 0 radical (unpaired) electrons. The van der Waals surface area contributed by atoms with Crippen molar-refractivity contribution < 1.29 is 4.74 Å². The molecule has 27 heavy (non-hydrogen) atoms. The van der Waals surface area contributed by atoms with Crippen LogP contribution in [0.5, 0.6) is 0 Å². The van der Waals surface area contributed by atoms with Crippen LogP contribution >= 0.6 is 11.6 Å². The Balaban J connectivity index is 2.11. The molecule has 0 amide bonds. The maximum Gasteiger partial charge on any atom is 0.130 e. The molecule has 0 saturated carbocycles. The maximum atomic E-state index is 6.26. The van der Waals surface area contributed by atoms with Crippen molar-refractivity contribution >= 4 is 29.2 Å². The van der Waals surface area contributed by atoms with Gasteiger partial charge in [0.25, 0.3) is 0 Å². The summed E-state index contributed by atoms with van der Waals surface area (Å²) in [5.41, 5.74) is 10.9. The molecule has 3 rings (SSSR count). The number of aromatic nitrogens is 2. The Bertz CT molecular complexity index is 850. The van der Waals surface area contributed by atoms with Crippen LogP contribution in [0.15, 0.2) is 24.3 Å². The number of ether oxygens (including phenoxy) is 1. The van der Waals surface area contributed by atoms with Crippen molar-refractivity contribution in [1.29, 1.82) is 0 Å². The average Bonchev–Trinajstić information content (AvgIpc) is 2.60. The van der Waals surface area contributed by atoms with Crippen LogP contribution in [-0.4, -0.2) is 35.8 Å². The van der Waals surface area contributed by atoms with E-state index in [4.69, 9.17) is 22.1 Å². The highest BCUT2D eigenvalue weighted by Gasteiger charge is 2.21. The van der Waals surface area contributed by atoms with Crippen LogP contribution in [0.1, 0.15) is 32.0 Å². The number of nitrogens with two attached hydrogens (primary N) is 1. The highest BCUT2D eigenvalue weighted by Crippen LogP contribution is 2.32. The second-order valence-corrected chi connectivity index (χ2v) is 7.73. The predicted octanol–water partition coefficient (Wildman–Crippen LogP) is 4.58. The number of nitrogens with zero attached hydrogens (tertiary/aromatic N) is 3. The lowest BCUT2D eigenvalue weighted by Crippen LogP contribution is -2.43. The Kier molecular flexibility index (Phi) is 6.02. The minimum Gasteiger partial charge on any atom is -0.384 e. The molecule has 1 unspecified atom stereocenters. The first-order valence-corrected chi connectivity index (χ1v) is 9.70. The normalized spacial score (nSPS) is 17.9. The lowest BCUT2D eigenvalue weighted by molar-refractivity contribution is 0.0989. The molecule has 1 saturated heterocycles. The number of hydrogen-bond acceptors (Lipinski definition) is 5. The predicted molar refractivity (Wildman–Crippen MR) is 113 cm³/mol. The number of nitrogen functional groups attached to an aromatic ring is 1. The average molecular weight is 387 g/mol. The Hall–Kier alpha value is -2.11. The molecule has 144 valence electrons. The van der Waals surface area contributed by atoms with E-state index in [-0.39, 0.29) is 6.04 Å². The number of hydrogen-bond donors (Lipinski definition) is 1. The standard InChI is InChI=1S/C21H27ClN4O/c1-13(2)5-6-17-15(4)24-20(22)11-18(17)19-9-16(10-21(23)25-19)26-7-8-27-12-14(26)3/h5-6,9-11,13-14H,7-8,12H2,1-4H3,(H2,23,25)/b6-5-. The summed E-state index contributed by atoms with van der Waals surface area (Å²) in [4.78, 5) is 11.3. The first-order valence-electron chi connectivity index (χ1n) is 9.33. The molecule has 0 aliphatic carbocycles. The van der Waals surface area contributed by atoms with Gasteiger partial charge < -0.3 is 15.4 Å². The Labute approximate surface area is 166 Å². The molecule has 6 heteroatoms. The Morgan fingerprint density at radius 1 is 1.30 bits per heavy atom.